The molecular weight excluding hydrogens is 267 g/mol. The third kappa shape index (κ3) is 2.61. The summed E-state index contributed by atoms with van der Waals surface area (Å²) in [7, 11) is 0. The first-order valence-electron chi connectivity index (χ1n) is 5.62. The second kappa shape index (κ2) is 5.43. The van der Waals surface area contributed by atoms with Crippen LogP contribution in [0.15, 0.2) is 47.4 Å². The molecule has 20 heavy (non-hydrogen) atoms. The van der Waals surface area contributed by atoms with Gasteiger partial charge in [0.25, 0.3) is 0 Å². The molecule has 0 unspecified atom stereocenters. The molecular formula is C13H9FN2O4. The van der Waals surface area contributed by atoms with Crippen LogP contribution in [0.4, 0.5) is 10.1 Å². The number of nitrogens with zero attached hydrogens (tertiary/aromatic N) is 2. The number of benzene rings is 1. The van der Waals surface area contributed by atoms with Gasteiger partial charge in [-0.05, 0) is 18.2 Å². The molecule has 0 atom stereocenters. The van der Waals surface area contributed by atoms with Gasteiger partial charge in [0.1, 0.15) is 5.82 Å². The number of pyridine rings is 1. The van der Waals surface area contributed by atoms with E-state index in [1.165, 1.54) is 30.5 Å². The maximum atomic E-state index is 13.4. The summed E-state index contributed by atoms with van der Waals surface area (Å²) in [5.74, 6) is -1.33. The molecule has 0 aliphatic carbocycles. The van der Waals surface area contributed by atoms with E-state index in [0.29, 0.717) is 0 Å². The lowest BCUT2D eigenvalue weighted by Crippen LogP contribution is -2.25. The Kier molecular flexibility index (Phi) is 3.69. The average molecular weight is 276 g/mol. The van der Waals surface area contributed by atoms with Crippen molar-refractivity contribution in [2.45, 2.75) is 6.54 Å². The number of carbonyl (C=O) groups excluding carboxylic acids is 1. The summed E-state index contributed by atoms with van der Waals surface area (Å²) < 4.78 is 14.3. The fraction of sp³-hybridized carbons (Fsp3) is 0.0769. The Hall–Kier alpha value is -2.83. The number of Topliss-reactive ketones (excluding diaryl/α,β-unsaturated/α-hetero) is 1. The van der Waals surface area contributed by atoms with Gasteiger partial charge in [0, 0.05) is 12.3 Å². The van der Waals surface area contributed by atoms with E-state index in [0.717, 1.165) is 16.7 Å². The van der Waals surface area contributed by atoms with Gasteiger partial charge in [-0.1, -0.05) is 12.1 Å². The standard InChI is InChI=1S/C13H9FN2O4/c14-10-5-2-1-4-9(10)12(17)8-15-7-3-6-11(13(15)18)16(19)20/h1-7H,8H2. The van der Waals surface area contributed by atoms with E-state index in [4.69, 9.17) is 0 Å². The summed E-state index contributed by atoms with van der Waals surface area (Å²) in [5, 5.41) is 10.6. The molecule has 0 spiro atoms. The molecule has 102 valence electrons. The van der Waals surface area contributed by atoms with E-state index in [-0.39, 0.29) is 5.56 Å². The fourth-order valence-corrected chi connectivity index (χ4v) is 1.71. The van der Waals surface area contributed by atoms with Crippen molar-refractivity contribution in [3.05, 3.63) is 74.4 Å². The van der Waals surface area contributed by atoms with Gasteiger partial charge in [-0.25, -0.2) is 4.39 Å². The second-order valence-corrected chi connectivity index (χ2v) is 3.99. The Balaban J connectivity index is 2.34. The van der Waals surface area contributed by atoms with Crippen LogP contribution < -0.4 is 5.56 Å². The SMILES string of the molecule is O=C(Cn1cccc([N+](=O)[O-])c1=O)c1ccccc1F. The smallest absolute Gasteiger partial charge is 0.302 e. The Morgan fingerprint density at radius 2 is 1.95 bits per heavy atom. The maximum Gasteiger partial charge on any atom is 0.334 e. The molecule has 7 heteroatoms. The van der Waals surface area contributed by atoms with E-state index in [2.05, 4.69) is 0 Å². The minimum absolute atomic E-state index is 0.161. The maximum absolute atomic E-state index is 13.4. The van der Waals surface area contributed by atoms with E-state index in [1.54, 1.807) is 0 Å². The van der Waals surface area contributed by atoms with Gasteiger partial charge in [0.15, 0.2) is 5.78 Å². The molecule has 0 bridgehead atoms. The Labute approximate surface area is 112 Å². The van der Waals surface area contributed by atoms with E-state index >= 15 is 0 Å². The van der Waals surface area contributed by atoms with Gasteiger partial charge in [-0.3, -0.25) is 19.7 Å². The number of hydrogen-bond donors (Lipinski definition) is 0. The lowest BCUT2D eigenvalue weighted by atomic mass is 10.1. The third-order valence-corrected chi connectivity index (χ3v) is 2.68. The van der Waals surface area contributed by atoms with Crippen LogP contribution in [0.5, 0.6) is 0 Å². The van der Waals surface area contributed by atoms with Crippen LogP contribution in [0.2, 0.25) is 0 Å². The second-order valence-electron chi connectivity index (χ2n) is 3.99. The molecule has 0 fully saturated rings. The molecule has 0 N–H and O–H groups in total. The molecule has 0 aliphatic heterocycles. The highest BCUT2D eigenvalue weighted by Crippen LogP contribution is 2.09. The minimum Gasteiger partial charge on any atom is -0.302 e. The highest BCUT2D eigenvalue weighted by atomic mass is 19.1. The Morgan fingerprint density at radius 3 is 2.60 bits per heavy atom. The van der Waals surface area contributed by atoms with Crippen LogP contribution in [-0.2, 0) is 6.54 Å². The summed E-state index contributed by atoms with van der Waals surface area (Å²) in [6.45, 7) is -0.457. The molecule has 0 radical (unpaired) electrons. The summed E-state index contributed by atoms with van der Waals surface area (Å²) in [4.78, 5) is 33.4. The third-order valence-electron chi connectivity index (χ3n) is 2.68. The number of nitro groups is 1. The van der Waals surface area contributed by atoms with Crippen molar-refractivity contribution in [1.29, 1.82) is 0 Å². The first kappa shape index (κ1) is 13.6. The molecule has 1 heterocycles. The molecule has 2 aromatic rings. The monoisotopic (exact) mass is 276 g/mol. The van der Waals surface area contributed by atoms with Gasteiger partial charge in [-0.15, -0.1) is 0 Å². The first-order valence-corrected chi connectivity index (χ1v) is 5.62. The molecule has 0 aliphatic rings. The van der Waals surface area contributed by atoms with Crippen LogP contribution >= 0.6 is 0 Å². The zero-order valence-corrected chi connectivity index (χ0v) is 10.2. The normalized spacial score (nSPS) is 10.2. The van der Waals surface area contributed by atoms with Crippen molar-refractivity contribution < 1.29 is 14.1 Å². The zero-order chi connectivity index (χ0) is 14.7. The van der Waals surface area contributed by atoms with Crippen LogP contribution in [0, 0.1) is 15.9 Å². The highest BCUT2D eigenvalue weighted by molar-refractivity contribution is 5.96. The lowest BCUT2D eigenvalue weighted by Gasteiger charge is -2.05. The van der Waals surface area contributed by atoms with Crippen molar-refractivity contribution in [2.24, 2.45) is 0 Å². The molecule has 6 nitrogen and oxygen atoms in total. The molecule has 1 aromatic heterocycles. The summed E-state index contributed by atoms with van der Waals surface area (Å²) in [5.41, 5.74) is -1.69. The highest BCUT2D eigenvalue weighted by Gasteiger charge is 2.17. The summed E-state index contributed by atoms with van der Waals surface area (Å²) >= 11 is 0. The number of halogens is 1. The molecule has 0 amide bonds. The Bertz CT molecular complexity index is 739. The largest absolute Gasteiger partial charge is 0.334 e. The van der Waals surface area contributed by atoms with Crippen molar-refractivity contribution in [1.82, 2.24) is 4.57 Å². The van der Waals surface area contributed by atoms with Gasteiger partial charge in [-0.2, -0.15) is 0 Å². The van der Waals surface area contributed by atoms with Crippen molar-refractivity contribution in [2.75, 3.05) is 0 Å². The van der Waals surface area contributed by atoms with Crippen LogP contribution in [0.3, 0.4) is 0 Å². The molecule has 0 saturated carbocycles. The summed E-state index contributed by atoms with van der Waals surface area (Å²) in [6, 6.07) is 7.68. The van der Waals surface area contributed by atoms with Crippen LogP contribution in [-0.4, -0.2) is 15.3 Å². The quantitative estimate of drug-likeness (QED) is 0.484. The number of hydrogen-bond acceptors (Lipinski definition) is 4. The van der Waals surface area contributed by atoms with E-state index in [9.17, 15) is 24.1 Å². The number of carbonyl (C=O) groups is 1. The number of aromatic nitrogens is 1. The summed E-state index contributed by atoms with van der Waals surface area (Å²) in [6.07, 6.45) is 1.24. The first-order chi connectivity index (χ1) is 9.50. The van der Waals surface area contributed by atoms with Gasteiger partial charge in [0.05, 0.1) is 17.0 Å². The van der Waals surface area contributed by atoms with Gasteiger partial charge >= 0.3 is 11.2 Å². The lowest BCUT2D eigenvalue weighted by molar-refractivity contribution is -0.386. The molecule has 1 aromatic carbocycles. The van der Waals surface area contributed by atoms with E-state index in [1.807, 2.05) is 0 Å². The molecule has 0 saturated heterocycles. The molecule has 2 rings (SSSR count). The minimum atomic E-state index is -0.901. The van der Waals surface area contributed by atoms with Crippen molar-refractivity contribution in [3.63, 3.8) is 0 Å². The zero-order valence-electron chi connectivity index (χ0n) is 10.2. The Morgan fingerprint density at radius 1 is 1.25 bits per heavy atom. The van der Waals surface area contributed by atoms with Gasteiger partial charge < -0.3 is 4.57 Å². The van der Waals surface area contributed by atoms with Gasteiger partial charge in [0.2, 0.25) is 0 Å². The topological polar surface area (TPSA) is 82.2 Å². The van der Waals surface area contributed by atoms with Crippen molar-refractivity contribution in [3.8, 4) is 0 Å². The average Bonchev–Trinajstić information content (AvgIpc) is 2.41. The van der Waals surface area contributed by atoms with Crippen LogP contribution in [0.1, 0.15) is 10.4 Å². The number of rotatable bonds is 4. The van der Waals surface area contributed by atoms with E-state index < -0.39 is 34.3 Å². The predicted molar refractivity (Wildman–Crippen MR) is 68.1 cm³/mol. The fourth-order valence-electron chi connectivity index (χ4n) is 1.71. The van der Waals surface area contributed by atoms with Crippen molar-refractivity contribution >= 4 is 11.5 Å². The number of ketones is 1. The predicted octanol–water partition coefficient (Wildman–Crippen LogP) is 1.78. The van der Waals surface area contributed by atoms with Crippen LogP contribution in [0.25, 0.3) is 0 Å².